The lowest BCUT2D eigenvalue weighted by Crippen LogP contribution is -2.00. The number of nitrogens with zero attached hydrogens (tertiary/aromatic N) is 1. The Morgan fingerprint density at radius 2 is 2.11 bits per heavy atom. The SMILES string of the molecule is Nc1ccc2nc(NCc3cccc(F)c3)[nH]c2c1. The van der Waals surface area contributed by atoms with Gasteiger partial charge in [-0.1, -0.05) is 12.1 Å². The van der Waals surface area contributed by atoms with Crippen LogP contribution in [0.5, 0.6) is 0 Å². The second-order valence-corrected chi connectivity index (χ2v) is 4.35. The average molecular weight is 256 g/mol. The maximum Gasteiger partial charge on any atom is 0.201 e. The van der Waals surface area contributed by atoms with Crippen molar-refractivity contribution in [3.05, 3.63) is 53.8 Å². The van der Waals surface area contributed by atoms with Crippen LogP contribution in [0.4, 0.5) is 16.0 Å². The van der Waals surface area contributed by atoms with Gasteiger partial charge in [-0.25, -0.2) is 9.37 Å². The van der Waals surface area contributed by atoms with Crippen LogP contribution in [0.25, 0.3) is 11.0 Å². The van der Waals surface area contributed by atoms with Crippen molar-refractivity contribution >= 4 is 22.7 Å². The molecule has 3 rings (SSSR count). The molecule has 3 aromatic rings. The van der Waals surface area contributed by atoms with Crippen molar-refractivity contribution in [2.24, 2.45) is 0 Å². The zero-order valence-corrected chi connectivity index (χ0v) is 10.2. The summed E-state index contributed by atoms with van der Waals surface area (Å²) in [6, 6.07) is 12.0. The van der Waals surface area contributed by atoms with Gasteiger partial charge in [0.25, 0.3) is 0 Å². The number of nitrogens with one attached hydrogen (secondary N) is 2. The van der Waals surface area contributed by atoms with Crippen molar-refractivity contribution in [2.45, 2.75) is 6.54 Å². The van der Waals surface area contributed by atoms with Gasteiger partial charge < -0.3 is 16.0 Å². The van der Waals surface area contributed by atoms with Crippen LogP contribution in [0.3, 0.4) is 0 Å². The summed E-state index contributed by atoms with van der Waals surface area (Å²) in [6.07, 6.45) is 0. The van der Waals surface area contributed by atoms with E-state index < -0.39 is 0 Å². The molecule has 0 saturated carbocycles. The summed E-state index contributed by atoms with van der Waals surface area (Å²) in [7, 11) is 0. The van der Waals surface area contributed by atoms with Crippen molar-refractivity contribution in [1.29, 1.82) is 0 Å². The van der Waals surface area contributed by atoms with Crippen LogP contribution in [0.1, 0.15) is 5.56 Å². The molecule has 0 aliphatic carbocycles. The van der Waals surface area contributed by atoms with E-state index in [1.807, 2.05) is 18.2 Å². The fourth-order valence-corrected chi connectivity index (χ4v) is 1.94. The van der Waals surface area contributed by atoms with Crippen LogP contribution in [-0.2, 0) is 6.54 Å². The van der Waals surface area contributed by atoms with Gasteiger partial charge in [0.2, 0.25) is 5.95 Å². The number of aromatic amines is 1. The van der Waals surface area contributed by atoms with E-state index in [4.69, 9.17) is 5.73 Å². The van der Waals surface area contributed by atoms with E-state index in [9.17, 15) is 4.39 Å². The minimum atomic E-state index is -0.239. The predicted octanol–water partition coefficient (Wildman–Crippen LogP) is 2.90. The minimum absolute atomic E-state index is 0.239. The zero-order valence-electron chi connectivity index (χ0n) is 10.2. The number of hydrogen-bond acceptors (Lipinski definition) is 3. The smallest absolute Gasteiger partial charge is 0.201 e. The number of hydrogen-bond donors (Lipinski definition) is 3. The number of fused-ring (bicyclic) bond motifs is 1. The first-order chi connectivity index (χ1) is 9.20. The molecule has 4 nitrogen and oxygen atoms in total. The largest absolute Gasteiger partial charge is 0.399 e. The minimum Gasteiger partial charge on any atom is -0.399 e. The van der Waals surface area contributed by atoms with Crippen LogP contribution >= 0.6 is 0 Å². The van der Waals surface area contributed by atoms with E-state index in [0.717, 1.165) is 16.6 Å². The van der Waals surface area contributed by atoms with Gasteiger partial charge in [0.1, 0.15) is 5.82 Å². The molecule has 2 aromatic carbocycles. The fourth-order valence-electron chi connectivity index (χ4n) is 1.94. The summed E-state index contributed by atoms with van der Waals surface area (Å²) in [5.41, 5.74) is 8.97. The number of aromatic nitrogens is 2. The number of anilines is 2. The second-order valence-electron chi connectivity index (χ2n) is 4.35. The highest BCUT2D eigenvalue weighted by atomic mass is 19.1. The Balaban J connectivity index is 1.78. The standard InChI is InChI=1S/C14H13FN4/c15-10-3-1-2-9(6-10)8-17-14-18-12-5-4-11(16)7-13(12)19-14/h1-7H,8,16H2,(H2,17,18,19). The molecule has 0 aliphatic heterocycles. The van der Waals surface area contributed by atoms with Gasteiger partial charge in [-0.15, -0.1) is 0 Å². The Kier molecular flexibility index (Phi) is 2.79. The quantitative estimate of drug-likeness (QED) is 0.631. The first-order valence-electron chi connectivity index (χ1n) is 5.94. The summed E-state index contributed by atoms with van der Waals surface area (Å²) in [6.45, 7) is 0.507. The molecule has 0 atom stereocenters. The van der Waals surface area contributed by atoms with Gasteiger partial charge in [0.05, 0.1) is 11.0 Å². The third-order valence-corrected chi connectivity index (χ3v) is 2.85. The predicted molar refractivity (Wildman–Crippen MR) is 74.2 cm³/mol. The van der Waals surface area contributed by atoms with Gasteiger partial charge in [-0.3, -0.25) is 0 Å². The van der Waals surface area contributed by atoms with E-state index >= 15 is 0 Å². The molecule has 1 aromatic heterocycles. The molecular weight excluding hydrogens is 243 g/mol. The van der Waals surface area contributed by atoms with Gasteiger partial charge in [0, 0.05) is 12.2 Å². The molecule has 19 heavy (non-hydrogen) atoms. The lowest BCUT2D eigenvalue weighted by molar-refractivity contribution is 0.626. The maximum atomic E-state index is 13.0. The van der Waals surface area contributed by atoms with E-state index in [1.54, 1.807) is 12.1 Å². The molecular formula is C14H13FN4. The highest BCUT2D eigenvalue weighted by molar-refractivity contribution is 5.80. The number of nitrogen functional groups attached to an aromatic ring is 1. The number of imidazole rings is 1. The molecule has 0 amide bonds. The van der Waals surface area contributed by atoms with Crippen LogP contribution in [-0.4, -0.2) is 9.97 Å². The normalized spacial score (nSPS) is 10.8. The Labute approximate surface area is 109 Å². The molecule has 0 radical (unpaired) electrons. The lowest BCUT2D eigenvalue weighted by atomic mass is 10.2. The van der Waals surface area contributed by atoms with Crippen LogP contribution < -0.4 is 11.1 Å². The van der Waals surface area contributed by atoms with Gasteiger partial charge in [-0.2, -0.15) is 0 Å². The number of benzene rings is 2. The Morgan fingerprint density at radius 3 is 2.95 bits per heavy atom. The number of halogens is 1. The van der Waals surface area contributed by atoms with Gasteiger partial charge in [0.15, 0.2) is 0 Å². The number of rotatable bonds is 3. The lowest BCUT2D eigenvalue weighted by Gasteiger charge is -2.02. The molecule has 0 aliphatic rings. The molecule has 96 valence electrons. The second kappa shape index (κ2) is 4.61. The van der Waals surface area contributed by atoms with Crippen molar-refractivity contribution in [1.82, 2.24) is 9.97 Å². The summed E-state index contributed by atoms with van der Waals surface area (Å²) >= 11 is 0. The first-order valence-corrected chi connectivity index (χ1v) is 5.94. The van der Waals surface area contributed by atoms with Crippen molar-refractivity contribution in [3.8, 4) is 0 Å². The van der Waals surface area contributed by atoms with Crippen LogP contribution in [0.15, 0.2) is 42.5 Å². The van der Waals surface area contributed by atoms with Crippen molar-refractivity contribution < 1.29 is 4.39 Å². The maximum absolute atomic E-state index is 13.0. The topological polar surface area (TPSA) is 66.7 Å². The van der Waals surface area contributed by atoms with E-state index in [1.165, 1.54) is 12.1 Å². The van der Waals surface area contributed by atoms with E-state index in [0.29, 0.717) is 18.2 Å². The van der Waals surface area contributed by atoms with Crippen molar-refractivity contribution in [2.75, 3.05) is 11.1 Å². The van der Waals surface area contributed by atoms with Crippen LogP contribution in [0, 0.1) is 5.82 Å². The molecule has 5 heteroatoms. The van der Waals surface area contributed by atoms with Gasteiger partial charge in [-0.05, 0) is 35.9 Å². The number of nitrogens with two attached hydrogens (primary N) is 1. The molecule has 4 N–H and O–H groups in total. The Hall–Kier alpha value is -2.56. The molecule has 0 saturated heterocycles. The average Bonchev–Trinajstić information content (AvgIpc) is 2.78. The fraction of sp³-hybridized carbons (Fsp3) is 0.0714. The summed E-state index contributed by atoms with van der Waals surface area (Å²) in [4.78, 5) is 7.50. The van der Waals surface area contributed by atoms with Crippen molar-refractivity contribution in [3.63, 3.8) is 0 Å². The highest BCUT2D eigenvalue weighted by Gasteiger charge is 2.03. The Morgan fingerprint density at radius 1 is 1.21 bits per heavy atom. The Bertz CT molecular complexity index is 720. The number of H-pyrrole nitrogens is 1. The summed E-state index contributed by atoms with van der Waals surface area (Å²) in [5, 5.41) is 3.12. The molecule has 0 bridgehead atoms. The van der Waals surface area contributed by atoms with E-state index in [2.05, 4.69) is 15.3 Å². The summed E-state index contributed by atoms with van der Waals surface area (Å²) < 4.78 is 13.0. The molecule has 0 fully saturated rings. The third-order valence-electron chi connectivity index (χ3n) is 2.85. The van der Waals surface area contributed by atoms with E-state index in [-0.39, 0.29) is 5.82 Å². The molecule has 0 unspecified atom stereocenters. The van der Waals surface area contributed by atoms with Crippen LogP contribution in [0.2, 0.25) is 0 Å². The molecule has 1 heterocycles. The third kappa shape index (κ3) is 2.49. The van der Waals surface area contributed by atoms with Gasteiger partial charge >= 0.3 is 0 Å². The molecule has 0 spiro atoms. The monoisotopic (exact) mass is 256 g/mol. The highest BCUT2D eigenvalue weighted by Crippen LogP contribution is 2.17. The zero-order chi connectivity index (χ0) is 13.2. The summed E-state index contributed by atoms with van der Waals surface area (Å²) in [5.74, 6) is 0.404. The first kappa shape index (κ1) is 11.5.